The molecule has 0 radical (unpaired) electrons. The van der Waals surface area contributed by atoms with Gasteiger partial charge >= 0.3 is 0 Å². The maximum absolute atomic E-state index is 5.98. The average molecular weight is 254 g/mol. The van der Waals surface area contributed by atoms with Gasteiger partial charge in [-0.15, -0.1) is 0 Å². The lowest BCUT2D eigenvalue weighted by molar-refractivity contribution is -0.0377. The van der Waals surface area contributed by atoms with Crippen LogP contribution in [0.15, 0.2) is 0 Å². The van der Waals surface area contributed by atoms with Crippen molar-refractivity contribution in [2.45, 2.75) is 51.7 Å². The van der Waals surface area contributed by atoms with Gasteiger partial charge in [-0.05, 0) is 50.1 Å². The summed E-state index contributed by atoms with van der Waals surface area (Å²) in [5.74, 6) is 2.26. The third kappa shape index (κ3) is 3.06. The van der Waals surface area contributed by atoms with E-state index in [1.54, 1.807) is 0 Å². The van der Waals surface area contributed by atoms with Gasteiger partial charge in [-0.25, -0.2) is 0 Å². The van der Waals surface area contributed by atoms with Crippen molar-refractivity contribution >= 4 is 0 Å². The van der Waals surface area contributed by atoms with Gasteiger partial charge in [-0.3, -0.25) is 4.90 Å². The van der Waals surface area contributed by atoms with E-state index >= 15 is 0 Å². The third-order valence-electron chi connectivity index (χ3n) is 5.21. The van der Waals surface area contributed by atoms with Crippen LogP contribution in [-0.4, -0.2) is 43.8 Å². The van der Waals surface area contributed by atoms with Gasteiger partial charge in [0.2, 0.25) is 0 Å². The number of likely N-dealkylation sites (tertiary alicyclic amines) is 1. The molecule has 0 bridgehead atoms. The van der Waals surface area contributed by atoms with Gasteiger partial charge in [0.05, 0.1) is 6.10 Å². The molecule has 1 saturated carbocycles. The van der Waals surface area contributed by atoms with Gasteiger partial charge in [-0.2, -0.15) is 0 Å². The maximum Gasteiger partial charge on any atom is 0.0724 e. The number of nitrogens with two attached hydrogens (primary N) is 1. The lowest BCUT2D eigenvalue weighted by Crippen LogP contribution is -2.53. The molecule has 0 aromatic heterocycles. The van der Waals surface area contributed by atoms with Crippen molar-refractivity contribution in [3.63, 3.8) is 0 Å². The van der Waals surface area contributed by atoms with Crippen molar-refractivity contribution in [2.75, 3.05) is 26.7 Å². The van der Waals surface area contributed by atoms with Crippen LogP contribution in [0, 0.1) is 17.8 Å². The maximum atomic E-state index is 5.98. The number of nitrogens with zero attached hydrogens (tertiary/aromatic N) is 1. The minimum Gasteiger partial charge on any atom is -0.380 e. The zero-order valence-corrected chi connectivity index (χ0v) is 12.3. The van der Waals surface area contributed by atoms with Crippen molar-refractivity contribution in [1.82, 2.24) is 4.90 Å². The van der Waals surface area contributed by atoms with Crippen molar-refractivity contribution in [2.24, 2.45) is 23.5 Å². The van der Waals surface area contributed by atoms with E-state index in [4.69, 9.17) is 10.5 Å². The molecule has 3 heteroatoms. The fourth-order valence-corrected chi connectivity index (χ4v) is 3.80. The van der Waals surface area contributed by atoms with E-state index in [-0.39, 0.29) is 0 Å². The van der Waals surface area contributed by atoms with E-state index < -0.39 is 0 Å². The summed E-state index contributed by atoms with van der Waals surface area (Å²) in [7, 11) is 1.86. The van der Waals surface area contributed by atoms with Gasteiger partial charge in [-0.1, -0.05) is 20.3 Å². The van der Waals surface area contributed by atoms with Crippen LogP contribution in [0.4, 0.5) is 0 Å². The molecule has 1 heterocycles. The smallest absolute Gasteiger partial charge is 0.0724 e. The summed E-state index contributed by atoms with van der Waals surface area (Å²) in [5.41, 5.74) is 5.98. The standard InChI is InChI=1S/C15H30N2O/c1-11-4-5-13(9-16)14(8-11)17-7-6-12(2)15(10-17)18-3/h11-15H,4-10,16H2,1-3H3. The first kappa shape index (κ1) is 14.3. The first-order valence-electron chi connectivity index (χ1n) is 7.62. The van der Waals surface area contributed by atoms with Crippen LogP contribution in [0.2, 0.25) is 0 Å². The van der Waals surface area contributed by atoms with Crippen molar-refractivity contribution in [3.8, 4) is 0 Å². The molecular formula is C15H30N2O. The zero-order valence-electron chi connectivity index (χ0n) is 12.3. The Morgan fingerprint density at radius 1 is 1.22 bits per heavy atom. The predicted octanol–water partition coefficient (Wildman–Crippen LogP) is 2.11. The second-order valence-corrected chi connectivity index (χ2v) is 6.52. The molecule has 1 aliphatic carbocycles. The highest BCUT2D eigenvalue weighted by Gasteiger charge is 2.36. The van der Waals surface area contributed by atoms with Crippen molar-refractivity contribution < 1.29 is 4.74 Å². The van der Waals surface area contributed by atoms with Crippen molar-refractivity contribution in [3.05, 3.63) is 0 Å². The summed E-state index contributed by atoms with van der Waals surface area (Å²) in [6.07, 6.45) is 5.67. The van der Waals surface area contributed by atoms with Gasteiger partial charge in [0, 0.05) is 19.7 Å². The number of rotatable bonds is 3. The van der Waals surface area contributed by atoms with E-state index in [1.165, 1.54) is 32.2 Å². The Balaban J connectivity index is 2.00. The number of piperidine rings is 1. The number of hydrogen-bond donors (Lipinski definition) is 1. The van der Waals surface area contributed by atoms with Gasteiger partial charge in [0.25, 0.3) is 0 Å². The number of ether oxygens (including phenoxy) is 1. The molecule has 0 aromatic rings. The minimum atomic E-state index is 0.411. The summed E-state index contributed by atoms with van der Waals surface area (Å²) < 4.78 is 5.65. The highest BCUT2D eigenvalue weighted by molar-refractivity contribution is 4.90. The van der Waals surface area contributed by atoms with E-state index in [2.05, 4.69) is 18.7 Å². The molecule has 0 amide bonds. The Labute approximate surface area is 112 Å². The van der Waals surface area contributed by atoms with Crippen LogP contribution in [0.1, 0.15) is 39.5 Å². The van der Waals surface area contributed by atoms with E-state index in [0.29, 0.717) is 24.0 Å². The van der Waals surface area contributed by atoms with Crippen LogP contribution in [-0.2, 0) is 4.74 Å². The van der Waals surface area contributed by atoms with E-state index in [9.17, 15) is 0 Å². The minimum absolute atomic E-state index is 0.411. The van der Waals surface area contributed by atoms with Crippen LogP contribution in [0.25, 0.3) is 0 Å². The largest absolute Gasteiger partial charge is 0.380 e. The molecule has 1 aliphatic heterocycles. The summed E-state index contributed by atoms with van der Waals surface area (Å²) in [4.78, 5) is 2.67. The molecule has 5 unspecified atom stereocenters. The van der Waals surface area contributed by atoms with E-state index in [1.807, 2.05) is 7.11 Å². The lowest BCUT2D eigenvalue weighted by atomic mass is 9.77. The predicted molar refractivity (Wildman–Crippen MR) is 75.5 cm³/mol. The zero-order chi connectivity index (χ0) is 13.1. The van der Waals surface area contributed by atoms with Crippen LogP contribution < -0.4 is 5.73 Å². The molecule has 2 N–H and O–H groups in total. The van der Waals surface area contributed by atoms with Gasteiger partial charge < -0.3 is 10.5 Å². The molecule has 0 aromatic carbocycles. The average Bonchev–Trinajstić information content (AvgIpc) is 2.39. The highest BCUT2D eigenvalue weighted by Crippen LogP contribution is 2.34. The topological polar surface area (TPSA) is 38.5 Å². The molecule has 2 fully saturated rings. The molecule has 3 nitrogen and oxygen atoms in total. The molecule has 1 saturated heterocycles. The quantitative estimate of drug-likeness (QED) is 0.838. The fraction of sp³-hybridized carbons (Fsp3) is 1.00. The summed E-state index contributed by atoms with van der Waals surface area (Å²) in [6, 6.07) is 0.698. The Kier molecular flexibility index (Phi) is 5.05. The fourth-order valence-electron chi connectivity index (χ4n) is 3.80. The Morgan fingerprint density at radius 2 is 2.00 bits per heavy atom. The summed E-state index contributed by atoms with van der Waals surface area (Å²) in [5, 5.41) is 0. The Morgan fingerprint density at radius 3 is 2.67 bits per heavy atom. The third-order valence-corrected chi connectivity index (χ3v) is 5.21. The van der Waals surface area contributed by atoms with Crippen LogP contribution in [0.3, 0.4) is 0 Å². The highest BCUT2D eigenvalue weighted by atomic mass is 16.5. The molecule has 5 atom stereocenters. The molecule has 106 valence electrons. The monoisotopic (exact) mass is 254 g/mol. The lowest BCUT2D eigenvalue weighted by Gasteiger charge is -2.46. The number of methoxy groups -OCH3 is 1. The summed E-state index contributed by atoms with van der Waals surface area (Å²) in [6.45, 7) is 7.89. The first-order valence-corrected chi connectivity index (χ1v) is 7.62. The summed E-state index contributed by atoms with van der Waals surface area (Å²) >= 11 is 0. The molecule has 18 heavy (non-hydrogen) atoms. The van der Waals surface area contributed by atoms with E-state index in [0.717, 1.165) is 19.0 Å². The Hall–Kier alpha value is -0.120. The normalized spacial score (nSPS) is 43.0. The van der Waals surface area contributed by atoms with Crippen LogP contribution in [0.5, 0.6) is 0 Å². The second-order valence-electron chi connectivity index (χ2n) is 6.52. The molecule has 2 rings (SSSR count). The van der Waals surface area contributed by atoms with Gasteiger partial charge in [0.15, 0.2) is 0 Å². The molecule has 0 spiro atoms. The van der Waals surface area contributed by atoms with Crippen LogP contribution >= 0.6 is 0 Å². The molecular weight excluding hydrogens is 224 g/mol. The molecule has 2 aliphatic rings. The first-order chi connectivity index (χ1) is 8.65. The Bertz CT molecular complexity index is 259. The number of hydrogen-bond acceptors (Lipinski definition) is 3. The SMILES string of the molecule is COC1CN(C2CC(C)CCC2CN)CCC1C. The van der Waals surface area contributed by atoms with Gasteiger partial charge in [0.1, 0.15) is 0 Å². The second kappa shape index (κ2) is 6.36. The van der Waals surface area contributed by atoms with Crippen molar-refractivity contribution in [1.29, 1.82) is 0 Å².